The lowest BCUT2D eigenvalue weighted by Gasteiger charge is -2.13. The number of rotatable bonds is 4. The van der Waals surface area contributed by atoms with Gasteiger partial charge in [-0.25, -0.2) is 14.6 Å². The smallest absolute Gasteiger partial charge is 0.293 e. The van der Waals surface area contributed by atoms with Gasteiger partial charge in [0.05, 0.1) is 34.2 Å². The molecule has 10 heteroatoms. The molecule has 1 aliphatic heterocycles. The summed E-state index contributed by atoms with van der Waals surface area (Å²) in [4.78, 5) is 42.6. The summed E-state index contributed by atoms with van der Waals surface area (Å²) in [6.45, 7) is 1.71. The Morgan fingerprint density at radius 2 is 1.69 bits per heavy atom. The average molecular weight is 429 g/mol. The standard InChI is InChI=1S/C22H15N5O5/c1-12-18-19-13(11-23-20(18)26(24-12)16-9-5-6-10-17(16)32-2)21(28)25(22(19)29)14-7-3-4-8-15(14)27(30)31/h3-11H,1-2H3. The number of para-hydroxylation sites is 4. The van der Waals surface area contributed by atoms with E-state index in [1.54, 1.807) is 23.7 Å². The number of hydrogen-bond acceptors (Lipinski definition) is 7. The zero-order valence-corrected chi connectivity index (χ0v) is 17.0. The van der Waals surface area contributed by atoms with Crippen molar-refractivity contribution in [1.29, 1.82) is 0 Å². The van der Waals surface area contributed by atoms with Crippen molar-refractivity contribution in [3.63, 3.8) is 0 Å². The van der Waals surface area contributed by atoms with E-state index in [-0.39, 0.29) is 22.5 Å². The fourth-order valence-electron chi connectivity index (χ4n) is 3.96. The number of aryl methyl sites for hydroxylation is 1. The molecule has 158 valence electrons. The Kier molecular flexibility index (Phi) is 4.22. The van der Waals surface area contributed by atoms with Gasteiger partial charge in [0, 0.05) is 12.3 Å². The fourth-order valence-corrected chi connectivity index (χ4v) is 3.96. The number of nitro groups is 1. The molecule has 2 aromatic heterocycles. The molecule has 3 heterocycles. The number of pyridine rings is 1. The average Bonchev–Trinajstić information content (AvgIpc) is 3.27. The largest absolute Gasteiger partial charge is 0.494 e. The van der Waals surface area contributed by atoms with Crippen molar-refractivity contribution >= 4 is 34.2 Å². The van der Waals surface area contributed by atoms with Crippen molar-refractivity contribution in [3.8, 4) is 11.4 Å². The van der Waals surface area contributed by atoms with Gasteiger partial charge >= 0.3 is 0 Å². The van der Waals surface area contributed by atoms with Crippen LogP contribution in [-0.4, -0.2) is 38.6 Å². The Labute approximate surface area is 180 Å². The number of fused-ring (bicyclic) bond motifs is 3. The SMILES string of the molecule is COc1ccccc1-n1nc(C)c2c3c(cnc21)C(=O)N(c1ccccc1[N+](=O)[O-])C3=O. The van der Waals surface area contributed by atoms with E-state index < -0.39 is 16.7 Å². The highest BCUT2D eigenvalue weighted by Gasteiger charge is 2.42. The van der Waals surface area contributed by atoms with Gasteiger partial charge in [-0.2, -0.15) is 5.10 Å². The minimum Gasteiger partial charge on any atom is -0.494 e. The van der Waals surface area contributed by atoms with Crippen LogP contribution in [-0.2, 0) is 0 Å². The molecule has 10 nitrogen and oxygen atoms in total. The number of nitro benzene ring substituents is 1. The molecule has 2 amide bonds. The van der Waals surface area contributed by atoms with Crippen molar-refractivity contribution in [3.05, 3.63) is 81.7 Å². The predicted octanol–water partition coefficient (Wildman–Crippen LogP) is 3.45. The number of benzene rings is 2. The van der Waals surface area contributed by atoms with E-state index in [1.807, 2.05) is 12.1 Å². The van der Waals surface area contributed by atoms with Gasteiger partial charge in [-0.3, -0.25) is 19.7 Å². The van der Waals surface area contributed by atoms with Crippen molar-refractivity contribution in [2.45, 2.75) is 6.92 Å². The zero-order valence-electron chi connectivity index (χ0n) is 17.0. The van der Waals surface area contributed by atoms with Crippen molar-refractivity contribution in [2.75, 3.05) is 12.0 Å². The van der Waals surface area contributed by atoms with Crippen LogP contribution in [0.15, 0.2) is 54.7 Å². The third kappa shape index (κ3) is 2.59. The van der Waals surface area contributed by atoms with Gasteiger partial charge in [-0.05, 0) is 25.1 Å². The minimum absolute atomic E-state index is 0.0725. The lowest BCUT2D eigenvalue weighted by molar-refractivity contribution is -0.384. The van der Waals surface area contributed by atoms with E-state index >= 15 is 0 Å². The van der Waals surface area contributed by atoms with Crippen LogP contribution in [0.1, 0.15) is 26.4 Å². The molecule has 0 saturated carbocycles. The van der Waals surface area contributed by atoms with E-state index in [1.165, 1.54) is 37.6 Å². The normalized spacial score (nSPS) is 13.0. The monoisotopic (exact) mass is 429 g/mol. The summed E-state index contributed by atoms with van der Waals surface area (Å²) in [6.07, 6.45) is 1.31. The Balaban J connectivity index is 1.73. The lowest BCUT2D eigenvalue weighted by Crippen LogP contribution is -2.30. The number of imide groups is 1. The maximum atomic E-state index is 13.4. The van der Waals surface area contributed by atoms with Crippen LogP contribution in [0.25, 0.3) is 16.7 Å². The molecule has 32 heavy (non-hydrogen) atoms. The number of anilines is 1. The number of ether oxygens (including phenoxy) is 1. The second-order valence-corrected chi connectivity index (χ2v) is 7.11. The molecule has 2 aromatic carbocycles. The topological polar surface area (TPSA) is 120 Å². The number of carbonyl (C=O) groups excluding carboxylic acids is 2. The quantitative estimate of drug-likeness (QED) is 0.277. The maximum Gasteiger partial charge on any atom is 0.293 e. The molecule has 0 spiro atoms. The molecule has 5 rings (SSSR count). The van der Waals surface area contributed by atoms with Crippen LogP contribution in [0.4, 0.5) is 11.4 Å². The molecule has 0 aliphatic carbocycles. The third-order valence-electron chi connectivity index (χ3n) is 5.35. The van der Waals surface area contributed by atoms with Crippen LogP contribution in [0.5, 0.6) is 5.75 Å². The van der Waals surface area contributed by atoms with Gasteiger partial charge in [-0.15, -0.1) is 0 Å². The van der Waals surface area contributed by atoms with Crippen LogP contribution in [0.2, 0.25) is 0 Å². The number of hydrogen-bond donors (Lipinski definition) is 0. The van der Waals surface area contributed by atoms with Crippen molar-refractivity contribution in [1.82, 2.24) is 14.8 Å². The summed E-state index contributed by atoms with van der Waals surface area (Å²) >= 11 is 0. The zero-order chi connectivity index (χ0) is 22.6. The molecule has 0 fully saturated rings. The van der Waals surface area contributed by atoms with E-state index in [4.69, 9.17) is 4.74 Å². The van der Waals surface area contributed by atoms with E-state index in [9.17, 15) is 19.7 Å². The van der Waals surface area contributed by atoms with Gasteiger partial charge in [-0.1, -0.05) is 24.3 Å². The van der Waals surface area contributed by atoms with Gasteiger partial charge < -0.3 is 4.74 Å². The highest BCUT2D eigenvalue weighted by atomic mass is 16.6. The maximum absolute atomic E-state index is 13.4. The number of aromatic nitrogens is 3. The van der Waals surface area contributed by atoms with Gasteiger partial charge in [0.25, 0.3) is 17.5 Å². The molecule has 1 aliphatic rings. The summed E-state index contributed by atoms with van der Waals surface area (Å²) in [7, 11) is 1.54. The number of methoxy groups -OCH3 is 1. The Morgan fingerprint density at radius 1 is 1.00 bits per heavy atom. The summed E-state index contributed by atoms with van der Waals surface area (Å²) in [5.74, 6) is -0.768. The first-order chi connectivity index (χ1) is 15.4. The second kappa shape index (κ2) is 6.98. The van der Waals surface area contributed by atoms with Crippen molar-refractivity contribution < 1.29 is 19.2 Å². The molecular formula is C22H15N5O5. The lowest BCUT2D eigenvalue weighted by atomic mass is 10.1. The molecule has 0 atom stereocenters. The Hall–Kier alpha value is -4.60. The highest BCUT2D eigenvalue weighted by molar-refractivity contribution is 6.38. The second-order valence-electron chi connectivity index (χ2n) is 7.11. The minimum atomic E-state index is -0.668. The molecular weight excluding hydrogens is 414 g/mol. The van der Waals surface area contributed by atoms with Gasteiger partial charge in [0.15, 0.2) is 5.65 Å². The van der Waals surface area contributed by atoms with Crippen molar-refractivity contribution in [2.24, 2.45) is 0 Å². The first kappa shape index (κ1) is 19.4. The van der Waals surface area contributed by atoms with Crippen LogP contribution in [0, 0.1) is 17.0 Å². The fraction of sp³-hybridized carbons (Fsp3) is 0.0909. The summed E-state index contributed by atoms with van der Waals surface area (Å²) in [5.41, 5.74) is 1.24. The van der Waals surface area contributed by atoms with E-state index in [0.717, 1.165) is 4.90 Å². The summed E-state index contributed by atoms with van der Waals surface area (Å²) < 4.78 is 6.97. The van der Waals surface area contributed by atoms with Crippen LogP contribution >= 0.6 is 0 Å². The summed E-state index contributed by atoms with van der Waals surface area (Å²) in [5, 5.41) is 16.4. The Morgan fingerprint density at radius 3 is 2.41 bits per heavy atom. The van der Waals surface area contributed by atoms with Gasteiger partial charge in [0.1, 0.15) is 17.1 Å². The van der Waals surface area contributed by atoms with E-state index in [2.05, 4.69) is 10.1 Å². The number of carbonyl (C=O) groups is 2. The Bertz CT molecular complexity index is 1460. The molecule has 0 bridgehead atoms. The first-order valence-corrected chi connectivity index (χ1v) is 9.58. The predicted molar refractivity (Wildman–Crippen MR) is 114 cm³/mol. The molecule has 4 aromatic rings. The number of nitrogens with zero attached hydrogens (tertiary/aromatic N) is 5. The van der Waals surface area contributed by atoms with E-state index in [0.29, 0.717) is 28.2 Å². The van der Waals surface area contributed by atoms with Crippen LogP contribution in [0.3, 0.4) is 0 Å². The third-order valence-corrected chi connectivity index (χ3v) is 5.35. The molecule has 0 unspecified atom stereocenters. The first-order valence-electron chi connectivity index (χ1n) is 9.58. The van der Waals surface area contributed by atoms with Crippen LogP contribution < -0.4 is 9.64 Å². The molecule has 0 radical (unpaired) electrons. The molecule has 0 N–H and O–H groups in total. The van der Waals surface area contributed by atoms with Gasteiger partial charge in [0.2, 0.25) is 0 Å². The molecule has 0 saturated heterocycles. The summed E-state index contributed by atoms with van der Waals surface area (Å²) in [6, 6.07) is 12.8. The number of amides is 2. The highest BCUT2D eigenvalue weighted by Crippen LogP contribution is 2.38.